The summed E-state index contributed by atoms with van der Waals surface area (Å²) in [4.78, 5) is 13.5. The first-order valence-corrected chi connectivity index (χ1v) is 7.15. The van der Waals surface area contributed by atoms with E-state index in [1.54, 1.807) is 0 Å². The van der Waals surface area contributed by atoms with Gasteiger partial charge in [-0.15, -0.1) is 0 Å². The maximum absolute atomic E-state index is 11.5. The van der Waals surface area contributed by atoms with Crippen molar-refractivity contribution < 1.29 is 14.6 Å². The summed E-state index contributed by atoms with van der Waals surface area (Å²) in [7, 11) is 1.92. The predicted molar refractivity (Wildman–Crippen MR) is 71.3 cm³/mol. The van der Waals surface area contributed by atoms with Gasteiger partial charge in [-0.05, 0) is 32.2 Å². The molecule has 0 heterocycles. The molecule has 0 aromatic carbocycles. The van der Waals surface area contributed by atoms with E-state index < -0.39 is 0 Å². The van der Waals surface area contributed by atoms with Gasteiger partial charge in [-0.25, -0.2) is 0 Å². The van der Waals surface area contributed by atoms with Crippen LogP contribution >= 0.6 is 0 Å². The van der Waals surface area contributed by atoms with E-state index in [-0.39, 0.29) is 12.1 Å². The summed E-state index contributed by atoms with van der Waals surface area (Å²) in [6.07, 6.45) is 6.05. The van der Waals surface area contributed by atoms with Crippen LogP contribution in [-0.2, 0) is 9.53 Å². The number of aliphatic hydroxyl groups excluding tert-OH is 1. The maximum Gasteiger partial charge on any atom is 0.320 e. The highest BCUT2D eigenvalue weighted by molar-refractivity contribution is 5.71. The summed E-state index contributed by atoms with van der Waals surface area (Å²) in [6, 6.07) is 0. The highest BCUT2D eigenvalue weighted by atomic mass is 16.5. The van der Waals surface area contributed by atoms with Gasteiger partial charge in [0.05, 0.1) is 19.3 Å². The van der Waals surface area contributed by atoms with Crippen molar-refractivity contribution in [3.05, 3.63) is 0 Å². The van der Waals surface area contributed by atoms with Crippen LogP contribution in [0.1, 0.15) is 45.4 Å². The molecule has 2 atom stereocenters. The number of hydrogen-bond acceptors (Lipinski definition) is 4. The highest BCUT2D eigenvalue weighted by Gasteiger charge is 2.24. The van der Waals surface area contributed by atoms with Crippen LogP contribution in [-0.4, -0.2) is 48.8 Å². The van der Waals surface area contributed by atoms with E-state index in [0.717, 1.165) is 38.6 Å². The minimum absolute atomic E-state index is 0.156. The Labute approximate surface area is 110 Å². The van der Waals surface area contributed by atoms with Crippen LogP contribution in [0.5, 0.6) is 0 Å². The Morgan fingerprint density at radius 2 is 2.11 bits per heavy atom. The van der Waals surface area contributed by atoms with Crippen molar-refractivity contribution in [3.63, 3.8) is 0 Å². The normalized spacial score (nSPS) is 24.2. The Kier molecular flexibility index (Phi) is 7.28. The minimum atomic E-state index is -0.197. The molecule has 2 unspecified atom stereocenters. The molecule has 1 aliphatic rings. The molecule has 4 heteroatoms. The van der Waals surface area contributed by atoms with Crippen molar-refractivity contribution in [2.45, 2.75) is 51.6 Å². The van der Waals surface area contributed by atoms with Gasteiger partial charge in [0.2, 0.25) is 0 Å². The molecule has 1 saturated carbocycles. The standard InChI is InChI=1S/C14H27NO3/c1-3-4-9-18-14(17)11-15(2)10-12-7-5-6-8-13(12)16/h12-13,16H,3-11H2,1-2H3. The van der Waals surface area contributed by atoms with Gasteiger partial charge in [-0.1, -0.05) is 26.2 Å². The maximum atomic E-state index is 11.5. The van der Waals surface area contributed by atoms with Gasteiger partial charge >= 0.3 is 5.97 Å². The van der Waals surface area contributed by atoms with Crippen LogP contribution < -0.4 is 0 Å². The zero-order valence-electron chi connectivity index (χ0n) is 11.7. The van der Waals surface area contributed by atoms with E-state index in [9.17, 15) is 9.90 Å². The van der Waals surface area contributed by atoms with E-state index in [1.165, 1.54) is 6.42 Å². The first-order valence-electron chi connectivity index (χ1n) is 7.15. The quantitative estimate of drug-likeness (QED) is 0.558. The molecule has 0 aromatic heterocycles. The Morgan fingerprint density at radius 1 is 1.39 bits per heavy atom. The van der Waals surface area contributed by atoms with Gasteiger partial charge in [0.1, 0.15) is 0 Å². The van der Waals surface area contributed by atoms with Crippen molar-refractivity contribution in [2.75, 3.05) is 26.7 Å². The molecular weight excluding hydrogens is 230 g/mol. The Morgan fingerprint density at radius 3 is 2.78 bits per heavy atom. The number of rotatable bonds is 7. The number of likely N-dealkylation sites (N-methyl/N-ethyl adjacent to an activating group) is 1. The van der Waals surface area contributed by atoms with E-state index in [4.69, 9.17) is 4.74 Å². The van der Waals surface area contributed by atoms with Crippen LogP contribution in [0.3, 0.4) is 0 Å². The van der Waals surface area contributed by atoms with E-state index >= 15 is 0 Å². The summed E-state index contributed by atoms with van der Waals surface area (Å²) < 4.78 is 5.13. The summed E-state index contributed by atoms with van der Waals surface area (Å²) in [5.41, 5.74) is 0. The largest absolute Gasteiger partial charge is 0.465 e. The molecule has 18 heavy (non-hydrogen) atoms. The summed E-state index contributed by atoms with van der Waals surface area (Å²) in [5, 5.41) is 9.88. The molecule has 4 nitrogen and oxygen atoms in total. The lowest BCUT2D eigenvalue weighted by Gasteiger charge is -2.30. The van der Waals surface area contributed by atoms with Gasteiger partial charge in [-0.3, -0.25) is 9.69 Å². The van der Waals surface area contributed by atoms with Crippen LogP contribution in [0.2, 0.25) is 0 Å². The number of esters is 1. The molecule has 0 saturated heterocycles. The number of carbonyl (C=O) groups excluding carboxylic acids is 1. The van der Waals surface area contributed by atoms with Crippen LogP contribution in [0.25, 0.3) is 0 Å². The molecule has 0 spiro atoms. The average molecular weight is 257 g/mol. The molecular formula is C14H27NO3. The third-order valence-corrected chi connectivity index (χ3v) is 3.58. The highest BCUT2D eigenvalue weighted by Crippen LogP contribution is 2.24. The zero-order valence-corrected chi connectivity index (χ0v) is 11.7. The van der Waals surface area contributed by atoms with Crippen LogP contribution in [0.4, 0.5) is 0 Å². The summed E-state index contributed by atoms with van der Waals surface area (Å²) in [5.74, 6) is 0.156. The number of nitrogens with zero attached hydrogens (tertiary/aromatic N) is 1. The Hall–Kier alpha value is -0.610. The molecule has 0 radical (unpaired) electrons. The second kappa shape index (κ2) is 8.48. The van der Waals surface area contributed by atoms with Crippen molar-refractivity contribution in [1.29, 1.82) is 0 Å². The molecule has 0 amide bonds. The third kappa shape index (κ3) is 5.83. The molecule has 0 bridgehead atoms. The molecule has 1 N–H and O–H groups in total. The third-order valence-electron chi connectivity index (χ3n) is 3.58. The van der Waals surface area contributed by atoms with Crippen molar-refractivity contribution >= 4 is 5.97 Å². The lowest BCUT2D eigenvalue weighted by Crippen LogP contribution is -2.37. The fraction of sp³-hybridized carbons (Fsp3) is 0.929. The van der Waals surface area contributed by atoms with Gasteiger partial charge in [0.25, 0.3) is 0 Å². The van der Waals surface area contributed by atoms with Crippen LogP contribution in [0.15, 0.2) is 0 Å². The second-order valence-electron chi connectivity index (χ2n) is 5.38. The number of ether oxygens (including phenoxy) is 1. The summed E-state index contributed by atoms with van der Waals surface area (Å²) >= 11 is 0. The lowest BCUT2D eigenvalue weighted by molar-refractivity contribution is -0.145. The fourth-order valence-corrected chi connectivity index (χ4v) is 2.46. The van der Waals surface area contributed by atoms with Crippen LogP contribution in [0, 0.1) is 5.92 Å². The monoisotopic (exact) mass is 257 g/mol. The molecule has 0 aliphatic heterocycles. The van der Waals surface area contributed by atoms with Crippen molar-refractivity contribution in [1.82, 2.24) is 4.90 Å². The zero-order chi connectivity index (χ0) is 13.4. The van der Waals surface area contributed by atoms with Gasteiger partial charge in [0.15, 0.2) is 0 Å². The van der Waals surface area contributed by atoms with E-state index in [0.29, 0.717) is 19.1 Å². The van der Waals surface area contributed by atoms with Gasteiger partial charge < -0.3 is 9.84 Å². The first-order chi connectivity index (χ1) is 8.63. The molecule has 1 fully saturated rings. The van der Waals surface area contributed by atoms with E-state index in [1.807, 2.05) is 11.9 Å². The minimum Gasteiger partial charge on any atom is -0.465 e. The number of aliphatic hydroxyl groups is 1. The molecule has 0 aromatic rings. The average Bonchev–Trinajstić information content (AvgIpc) is 2.32. The number of hydrogen-bond donors (Lipinski definition) is 1. The van der Waals surface area contributed by atoms with Crippen molar-refractivity contribution in [2.24, 2.45) is 5.92 Å². The smallest absolute Gasteiger partial charge is 0.320 e. The SMILES string of the molecule is CCCCOC(=O)CN(C)CC1CCCCC1O. The van der Waals surface area contributed by atoms with Crippen molar-refractivity contribution in [3.8, 4) is 0 Å². The summed E-state index contributed by atoms with van der Waals surface area (Å²) in [6.45, 7) is 3.70. The topological polar surface area (TPSA) is 49.8 Å². The molecule has 1 rings (SSSR count). The van der Waals surface area contributed by atoms with Gasteiger partial charge in [-0.2, -0.15) is 0 Å². The first kappa shape index (κ1) is 15.4. The molecule has 106 valence electrons. The Balaban J connectivity index is 2.19. The second-order valence-corrected chi connectivity index (χ2v) is 5.38. The number of unbranched alkanes of at least 4 members (excludes halogenated alkanes) is 1. The lowest BCUT2D eigenvalue weighted by atomic mass is 9.86. The fourth-order valence-electron chi connectivity index (χ4n) is 2.46. The van der Waals surface area contributed by atoms with E-state index in [2.05, 4.69) is 6.92 Å². The van der Waals surface area contributed by atoms with Gasteiger partial charge in [0, 0.05) is 6.54 Å². The Bertz CT molecular complexity index is 245. The number of carbonyl (C=O) groups is 1. The molecule has 1 aliphatic carbocycles. The predicted octanol–water partition coefficient (Wildman–Crippen LogP) is 1.81.